The van der Waals surface area contributed by atoms with Crippen LogP contribution in [0, 0.1) is 0 Å². The van der Waals surface area contributed by atoms with Crippen molar-refractivity contribution >= 4 is 17.8 Å². The van der Waals surface area contributed by atoms with E-state index in [1.54, 1.807) is 49.6 Å². The van der Waals surface area contributed by atoms with Crippen LogP contribution in [0.25, 0.3) is 0 Å². The maximum atomic E-state index is 11.8. The Morgan fingerprint density at radius 3 is 2.50 bits per heavy atom. The number of amides is 2. The van der Waals surface area contributed by atoms with Gasteiger partial charge in [-0.05, 0) is 5.56 Å². The van der Waals surface area contributed by atoms with Gasteiger partial charge in [0.1, 0.15) is 0 Å². The lowest BCUT2D eigenvalue weighted by molar-refractivity contribution is -0.139. The number of carboxylic acid groups (broad SMARTS) is 1. The minimum absolute atomic E-state index is 0.349. The summed E-state index contributed by atoms with van der Waals surface area (Å²) in [4.78, 5) is 23.0. The Morgan fingerprint density at radius 1 is 1.25 bits per heavy atom. The first-order valence-corrected chi connectivity index (χ1v) is 5.91. The van der Waals surface area contributed by atoms with Crippen LogP contribution in [0.5, 0.6) is 0 Å². The number of nitrogens with zero attached hydrogens (tertiary/aromatic N) is 2. The molecule has 1 aromatic carbocycles. The minimum atomic E-state index is -1.13. The molecular weight excluding hydrogens is 260 g/mol. The van der Waals surface area contributed by atoms with Gasteiger partial charge in [0.25, 0.3) is 0 Å². The van der Waals surface area contributed by atoms with Gasteiger partial charge in [-0.3, -0.25) is 10.00 Å². The fourth-order valence-electron chi connectivity index (χ4n) is 1.70. The molecule has 7 nitrogen and oxygen atoms in total. The third-order valence-electron chi connectivity index (χ3n) is 2.61. The van der Waals surface area contributed by atoms with E-state index >= 15 is 0 Å². The van der Waals surface area contributed by atoms with Crippen LogP contribution in [0.3, 0.4) is 0 Å². The predicted octanol–water partition coefficient (Wildman–Crippen LogP) is 1.37. The highest BCUT2D eigenvalue weighted by molar-refractivity contribution is 5.91. The molecule has 3 N–H and O–H groups in total. The van der Waals surface area contributed by atoms with Gasteiger partial charge in [-0.2, -0.15) is 5.10 Å². The summed E-state index contributed by atoms with van der Waals surface area (Å²) in [6.45, 7) is 0. The Hall–Kier alpha value is -2.83. The van der Waals surface area contributed by atoms with Crippen LogP contribution in [0.1, 0.15) is 11.6 Å². The summed E-state index contributed by atoms with van der Waals surface area (Å²) in [7, 11) is 1.72. The zero-order chi connectivity index (χ0) is 14.5. The van der Waals surface area contributed by atoms with Crippen molar-refractivity contribution in [1.82, 2.24) is 15.1 Å². The number of hydrogen-bond donors (Lipinski definition) is 3. The number of carboxylic acids is 1. The van der Waals surface area contributed by atoms with Crippen molar-refractivity contribution < 1.29 is 14.7 Å². The number of aryl methyl sites for hydroxylation is 1. The van der Waals surface area contributed by atoms with Crippen LogP contribution in [-0.4, -0.2) is 26.9 Å². The average Bonchev–Trinajstić information content (AvgIpc) is 2.82. The first kappa shape index (κ1) is 13.6. The maximum Gasteiger partial charge on any atom is 0.330 e. The van der Waals surface area contributed by atoms with Gasteiger partial charge in [0.2, 0.25) is 0 Å². The Bertz CT molecular complexity index is 609. The molecule has 0 spiro atoms. The first-order valence-electron chi connectivity index (χ1n) is 5.91. The van der Waals surface area contributed by atoms with Gasteiger partial charge in [-0.15, -0.1) is 0 Å². The third kappa shape index (κ3) is 3.35. The quantitative estimate of drug-likeness (QED) is 0.784. The zero-order valence-corrected chi connectivity index (χ0v) is 10.8. The number of aliphatic carboxylic acids is 1. The summed E-state index contributed by atoms with van der Waals surface area (Å²) >= 11 is 0. The van der Waals surface area contributed by atoms with E-state index < -0.39 is 18.0 Å². The van der Waals surface area contributed by atoms with Gasteiger partial charge < -0.3 is 10.4 Å². The molecule has 0 bridgehead atoms. The van der Waals surface area contributed by atoms with Crippen LogP contribution >= 0.6 is 0 Å². The Balaban J connectivity index is 2.05. The summed E-state index contributed by atoms with van der Waals surface area (Å²) in [5, 5.41) is 18.0. The molecule has 1 unspecified atom stereocenters. The normalized spacial score (nSPS) is 11.7. The second-order valence-corrected chi connectivity index (χ2v) is 4.16. The van der Waals surface area contributed by atoms with Crippen LogP contribution in [0.15, 0.2) is 42.6 Å². The van der Waals surface area contributed by atoms with Crippen molar-refractivity contribution in [3.05, 3.63) is 48.2 Å². The van der Waals surface area contributed by atoms with E-state index in [0.29, 0.717) is 11.4 Å². The number of urea groups is 1. The van der Waals surface area contributed by atoms with Crippen molar-refractivity contribution in [3.63, 3.8) is 0 Å². The molecule has 1 atom stereocenters. The summed E-state index contributed by atoms with van der Waals surface area (Å²) in [6.07, 6.45) is 1.67. The highest BCUT2D eigenvalue weighted by Crippen LogP contribution is 2.13. The van der Waals surface area contributed by atoms with Crippen LogP contribution in [0.4, 0.5) is 10.6 Å². The van der Waals surface area contributed by atoms with Gasteiger partial charge in [0.15, 0.2) is 11.9 Å². The zero-order valence-electron chi connectivity index (χ0n) is 10.8. The third-order valence-corrected chi connectivity index (χ3v) is 2.61. The molecule has 2 rings (SSSR count). The number of nitrogens with one attached hydrogen (secondary N) is 2. The fraction of sp³-hybridized carbons (Fsp3) is 0.154. The van der Waals surface area contributed by atoms with Gasteiger partial charge in [0, 0.05) is 19.3 Å². The summed E-state index contributed by atoms with van der Waals surface area (Å²) in [6, 6.07) is 8.35. The highest BCUT2D eigenvalue weighted by atomic mass is 16.4. The Morgan fingerprint density at radius 2 is 1.95 bits per heavy atom. The van der Waals surface area contributed by atoms with Crippen molar-refractivity contribution in [1.29, 1.82) is 0 Å². The van der Waals surface area contributed by atoms with E-state index in [1.807, 2.05) is 0 Å². The smallest absolute Gasteiger partial charge is 0.330 e. The molecular formula is C13H14N4O3. The van der Waals surface area contributed by atoms with Crippen LogP contribution in [0.2, 0.25) is 0 Å². The molecule has 0 aliphatic rings. The van der Waals surface area contributed by atoms with Crippen molar-refractivity contribution in [2.24, 2.45) is 7.05 Å². The molecule has 104 valence electrons. The number of rotatable bonds is 4. The van der Waals surface area contributed by atoms with E-state index in [2.05, 4.69) is 15.7 Å². The number of anilines is 1. The lowest BCUT2D eigenvalue weighted by Crippen LogP contribution is -2.36. The molecule has 1 heterocycles. The van der Waals surface area contributed by atoms with Crippen LogP contribution < -0.4 is 10.6 Å². The van der Waals surface area contributed by atoms with Gasteiger partial charge in [0.05, 0.1) is 0 Å². The van der Waals surface area contributed by atoms with Gasteiger partial charge in [-0.25, -0.2) is 9.59 Å². The number of carbonyl (C=O) groups excluding carboxylic acids is 1. The lowest BCUT2D eigenvalue weighted by Gasteiger charge is -2.14. The summed E-state index contributed by atoms with van der Waals surface area (Å²) < 4.78 is 1.53. The molecule has 0 radical (unpaired) electrons. The topological polar surface area (TPSA) is 96.2 Å². The van der Waals surface area contributed by atoms with E-state index in [0.717, 1.165) is 0 Å². The van der Waals surface area contributed by atoms with E-state index in [1.165, 1.54) is 4.68 Å². The molecule has 0 fully saturated rings. The summed E-state index contributed by atoms with van der Waals surface area (Å²) in [5.74, 6) is -0.783. The SMILES string of the molecule is Cn1ccc(NC(=O)NC(C(=O)O)c2ccccc2)n1. The van der Waals surface area contributed by atoms with E-state index in [9.17, 15) is 14.7 Å². The highest BCUT2D eigenvalue weighted by Gasteiger charge is 2.21. The molecule has 0 saturated carbocycles. The molecule has 2 amide bonds. The number of benzene rings is 1. The van der Waals surface area contributed by atoms with Crippen molar-refractivity contribution in [2.75, 3.05) is 5.32 Å². The van der Waals surface area contributed by atoms with E-state index in [4.69, 9.17) is 0 Å². The largest absolute Gasteiger partial charge is 0.479 e. The van der Waals surface area contributed by atoms with Gasteiger partial charge >= 0.3 is 12.0 Å². The maximum absolute atomic E-state index is 11.8. The van der Waals surface area contributed by atoms with E-state index in [-0.39, 0.29) is 0 Å². The molecule has 0 aliphatic carbocycles. The number of hydrogen-bond acceptors (Lipinski definition) is 3. The second-order valence-electron chi connectivity index (χ2n) is 4.16. The Kier molecular flexibility index (Phi) is 3.99. The fourth-order valence-corrected chi connectivity index (χ4v) is 1.70. The lowest BCUT2D eigenvalue weighted by atomic mass is 10.1. The number of carbonyl (C=O) groups is 2. The molecule has 7 heteroatoms. The summed E-state index contributed by atoms with van der Waals surface area (Å²) in [5.41, 5.74) is 0.496. The van der Waals surface area contributed by atoms with Gasteiger partial charge in [-0.1, -0.05) is 30.3 Å². The second kappa shape index (κ2) is 5.87. The van der Waals surface area contributed by atoms with Crippen molar-refractivity contribution in [3.8, 4) is 0 Å². The molecule has 1 aromatic heterocycles. The minimum Gasteiger partial charge on any atom is -0.479 e. The monoisotopic (exact) mass is 274 g/mol. The first-order chi connectivity index (χ1) is 9.56. The predicted molar refractivity (Wildman–Crippen MR) is 72.2 cm³/mol. The molecule has 2 aromatic rings. The standard InChI is InChI=1S/C13H14N4O3/c1-17-8-7-10(16-17)14-13(20)15-11(12(18)19)9-5-3-2-4-6-9/h2-8,11H,1H3,(H,18,19)(H2,14,15,16,20). The average molecular weight is 274 g/mol. The number of aromatic nitrogens is 2. The molecule has 0 aliphatic heterocycles. The molecule has 0 saturated heterocycles. The van der Waals surface area contributed by atoms with Crippen molar-refractivity contribution in [2.45, 2.75) is 6.04 Å². The molecule has 20 heavy (non-hydrogen) atoms. The Labute approximate surface area is 115 Å². The van der Waals surface area contributed by atoms with Crippen LogP contribution in [-0.2, 0) is 11.8 Å².